The number of aromatic nitrogens is 1. The van der Waals surface area contributed by atoms with Crippen LogP contribution >= 0.6 is 11.3 Å². The minimum absolute atomic E-state index is 0.559. The van der Waals surface area contributed by atoms with Crippen LogP contribution in [0.3, 0.4) is 0 Å². The highest BCUT2D eigenvalue weighted by Gasteiger charge is 2.21. The summed E-state index contributed by atoms with van der Waals surface area (Å²) in [5.41, 5.74) is 1.50. The third-order valence-electron chi connectivity index (χ3n) is 2.41. The number of fused-ring (bicyclic) bond motifs is 1. The van der Waals surface area contributed by atoms with Crippen molar-refractivity contribution in [1.29, 1.82) is 5.26 Å². The molecule has 0 unspecified atom stereocenters. The highest BCUT2D eigenvalue weighted by Crippen LogP contribution is 2.46. The van der Waals surface area contributed by atoms with Crippen LogP contribution in [0.4, 0.5) is 0 Å². The minimum atomic E-state index is 0.559. The smallest absolute Gasteiger partial charge is 0.180 e. The Labute approximate surface area is 96.0 Å². The van der Waals surface area contributed by atoms with Gasteiger partial charge < -0.3 is 14.5 Å². The summed E-state index contributed by atoms with van der Waals surface area (Å²) in [4.78, 5) is 3.88. The zero-order chi connectivity index (χ0) is 11.0. The summed E-state index contributed by atoms with van der Waals surface area (Å²) < 4.78 is 11.0. The first-order valence-corrected chi connectivity index (χ1v) is 5.72. The van der Waals surface area contributed by atoms with Gasteiger partial charge in [0.1, 0.15) is 19.3 Å². The van der Waals surface area contributed by atoms with Gasteiger partial charge in [-0.25, -0.2) is 0 Å². The number of H-pyrrole nitrogens is 1. The van der Waals surface area contributed by atoms with Gasteiger partial charge in [0.25, 0.3) is 0 Å². The van der Waals surface area contributed by atoms with Crippen molar-refractivity contribution in [2.75, 3.05) is 13.2 Å². The van der Waals surface area contributed by atoms with E-state index < -0.39 is 0 Å². The maximum Gasteiger partial charge on any atom is 0.180 e. The minimum Gasteiger partial charge on any atom is -0.485 e. The highest BCUT2D eigenvalue weighted by molar-refractivity contribution is 7.14. The Morgan fingerprint density at radius 3 is 3.06 bits per heavy atom. The Morgan fingerprint density at radius 1 is 1.31 bits per heavy atom. The van der Waals surface area contributed by atoms with Crippen molar-refractivity contribution in [3.05, 3.63) is 23.3 Å². The summed E-state index contributed by atoms with van der Waals surface area (Å²) in [5.74, 6) is 1.53. The molecule has 80 valence electrons. The molecule has 0 fully saturated rings. The van der Waals surface area contributed by atoms with Crippen molar-refractivity contribution in [2.45, 2.75) is 0 Å². The molecule has 0 atom stereocenters. The molecule has 2 aromatic heterocycles. The second kappa shape index (κ2) is 3.58. The average molecular weight is 232 g/mol. The van der Waals surface area contributed by atoms with Gasteiger partial charge >= 0.3 is 0 Å². The van der Waals surface area contributed by atoms with E-state index in [0.29, 0.717) is 18.8 Å². The topological polar surface area (TPSA) is 58.0 Å². The molecule has 16 heavy (non-hydrogen) atoms. The molecule has 1 aliphatic heterocycles. The molecule has 0 bridgehead atoms. The zero-order valence-corrected chi connectivity index (χ0v) is 9.13. The molecular weight excluding hydrogens is 224 g/mol. The Hall–Kier alpha value is -1.93. The standard InChI is InChI=1S/C11H8N2O2S/c12-3-7-4-13-5-8(7)11-10-9(6-16-11)14-1-2-15-10/h4-6,13H,1-2H2. The molecular formula is C11H8N2O2S. The van der Waals surface area contributed by atoms with E-state index in [-0.39, 0.29) is 0 Å². The number of nitriles is 1. The maximum absolute atomic E-state index is 8.97. The molecule has 0 amide bonds. The van der Waals surface area contributed by atoms with Gasteiger partial charge in [0.15, 0.2) is 11.5 Å². The Balaban J connectivity index is 2.14. The Morgan fingerprint density at radius 2 is 2.19 bits per heavy atom. The molecule has 0 aliphatic carbocycles. The van der Waals surface area contributed by atoms with Gasteiger partial charge in [0, 0.05) is 23.3 Å². The molecule has 3 rings (SSSR count). The van der Waals surface area contributed by atoms with Crippen LogP contribution in [-0.4, -0.2) is 18.2 Å². The molecule has 0 radical (unpaired) electrons. The lowest BCUT2D eigenvalue weighted by Crippen LogP contribution is -2.14. The fourth-order valence-electron chi connectivity index (χ4n) is 1.69. The molecule has 0 saturated heterocycles. The number of rotatable bonds is 1. The van der Waals surface area contributed by atoms with Crippen molar-refractivity contribution in [3.63, 3.8) is 0 Å². The molecule has 1 N–H and O–H groups in total. The Bertz CT molecular complexity index is 565. The molecule has 0 aromatic carbocycles. The van der Waals surface area contributed by atoms with E-state index in [9.17, 15) is 0 Å². The quantitative estimate of drug-likeness (QED) is 0.821. The van der Waals surface area contributed by atoms with Crippen LogP contribution < -0.4 is 9.47 Å². The first-order valence-electron chi connectivity index (χ1n) is 4.84. The van der Waals surface area contributed by atoms with E-state index in [0.717, 1.165) is 21.9 Å². The summed E-state index contributed by atoms with van der Waals surface area (Å²) in [6, 6.07) is 2.15. The molecule has 2 aromatic rings. The fourth-order valence-corrected chi connectivity index (χ4v) is 2.66. The van der Waals surface area contributed by atoms with Gasteiger partial charge in [-0.2, -0.15) is 5.26 Å². The number of ether oxygens (including phenoxy) is 2. The van der Waals surface area contributed by atoms with E-state index >= 15 is 0 Å². The highest BCUT2D eigenvalue weighted by atomic mass is 32.1. The number of hydrogen-bond donors (Lipinski definition) is 1. The lowest BCUT2D eigenvalue weighted by atomic mass is 10.1. The van der Waals surface area contributed by atoms with Crippen molar-refractivity contribution in [3.8, 4) is 28.0 Å². The van der Waals surface area contributed by atoms with Crippen LogP contribution in [0.25, 0.3) is 10.4 Å². The molecule has 3 heterocycles. The van der Waals surface area contributed by atoms with Gasteiger partial charge in [-0.1, -0.05) is 0 Å². The monoisotopic (exact) mass is 232 g/mol. The van der Waals surface area contributed by atoms with Crippen LogP contribution in [0.2, 0.25) is 0 Å². The zero-order valence-electron chi connectivity index (χ0n) is 8.32. The van der Waals surface area contributed by atoms with E-state index in [1.54, 1.807) is 6.20 Å². The lowest BCUT2D eigenvalue weighted by Gasteiger charge is -2.15. The fraction of sp³-hybridized carbons (Fsp3) is 0.182. The van der Waals surface area contributed by atoms with E-state index in [4.69, 9.17) is 14.7 Å². The predicted molar refractivity (Wildman–Crippen MR) is 59.8 cm³/mol. The molecule has 1 aliphatic rings. The van der Waals surface area contributed by atoms with E-state index in [1.807, 2.05) is 11.6 Å². The van der Waals surface area contributed by atoms with Gasteiger partial charge in [-0.05, 0) is 0 Å². The third-order valence-corrected chi connectivity index (χ3v) is 3.38. The summed E-state index contributed by atoms with van der Waals surface area (Å²) in [6.07, 6.45) is 3.49. The molecule has 0 spiro atoms. The molecule has 0 saturated carbocycles. The Kier molecular flexibility index (Phi) is 2.08. The number of hydrogen-bond acceptors (Lipinski definition) is 4. The number of aromatic amines is 1. The van der Waals surface area contributed by atoms with Gasteiger partial charge in [0.05, 0.1) is 10.4 Å². The van der Waals surface area contributed by atoms with E-state index in [2.05, 4.69) is 11.1 Å². The summed E-state index contributed by atoms with van der Waals surface area (Å²) in [7, 11) is 0. The van der Waals surface area contributed by atoms with Gasteiger partial charge in [-0.3, -0.25) is 0 Å². The average Bonchev–Trinajstić information content (AvgIpc) is 2.94. The van der Waals surface area contributed by atoms with E-state index in [1.165, 1.54) is 11.3 Å². The number of thiophene rings is 1. The predicted octanol–water partition coefficient (Wildman–Crippen LogP) is 2.39. The maximum atomic E-state index is 8.97. The van der Waals surface area contributed by atoms with Crippen LogP contribution in [-0.2, 0) is 0 Å². The number of nitrogens with zero attached hydrogens (tertiary/aromatic N) is 1. The van der Waals surface area contributed by atoms with Crippen molar-refractivity contribution < 1.29 is 9.47 Å². The summed E-state index contributed by atoms with van der Waals surface area (Å²) in [5, 5.41) is 10.9. The first-order chi connectivity index (χ1) is 7.90. The second-order valence-electron chi connectivity index (χ2n) is 3.35. The normalized spacial score (nSPS) is 13.4. The van der Waals surface area contributed by atoms with Gasteiger partial charge in [0.2, 0.25) is 0 Å². The molecule has 5 heteroatoms. The van der Waals surface area contributed by atoms with Crippen LogP contribution in [0, 0.1) is 11.3 Å². The number of nitrogens with one attached hydrogen (secondary N) is 1. The van der Waals surface area contributed by atoms with Crippen LogP contribution in [0.1, 0.15) is 5.56 Å². The molecule has 4 nitrogen and oxygen atoms in total. The summed E-state index contributed by atoms with van der Waals surface area (Å²) >= 11 is 1.53. The second-order valence-corrected chi connectivity index (χ2v) is 4.23. The SMILES string of the molecule is N#Cc1c[nH]cc1-c1scc2c1OCCO2. The largest absolute Gasteiger partial charge is 0.485 e. The van der Waals surface area contributed by atoms with Crippen LogP contribution in [0.5, 0.6) is 11.5 Å². The van der Waals surface area contributed by atoms with Crippen molar-refractivity contribution >= 4 is 11.3 Å². The third kappa shape index (κ3) is 1.27. The summed E-state index contributed by atoms with van der Waals surface area (Å²) in [6.45, 7) is 1.14. The lowest BCUT2D eigenvalue weighted by molar-refractivity contribution is 0.174. The van der Waals surface area contributed by atoms with Crippen LogP contribution in [0.15, 0.2) is 17.8 Å². The van der Waals surface area contributed by atoms with Crippen molar-refractivity contribution in [1.82, 2.24) is 4.98 Å². The van der Waals surface area contributed by atoms with Crippen molar-refractivity contribution in [2.24, 2.45) is 0 Å². The van der Waals surface area contributed by atoms with Gasteiger partial charge in [-0.15, -0.1) is 11.3 Å². The first kappa shape index (κ1) is 9.31.